The molecule has 1 aliphatic carbocycles. The van der Waals surface area contributed by atoms with Crippen LogP contribution in [0, 0.1) is 16.0 Å². The van der Waals surface area contributed by atoms with Crippen molar-refractivity contribution in [3.05, 3.63) is 65.3 Å². The molecular weight excluding hydrogens is 374 g/mol. The molecule has 8 heteroatoms. The maximum absolute atomic E-state index is 12.0. The molecule has 2 N–H and O–H groups in total. The summed E-state index contributed by atoms with van der Waals surface area (Å²) in [6.07, 6.45) is 9.66. The van der Waals surface area contributed by atoms with Crippen LogP contribution in [0.4, 0.5) is 5.69 Å². The number of aromatic amines is 2. The molecule has 0 aliphatic heterocycles. The molecule has 1 aliphatic rings. The van der Waals surface area contributed by atoms with Crippen molar-refractivity contribution in [3.8, 4) is 5.75 Å². The van der Waals surface area contributed by atoms with Gasteiger partial charge in [-0.2, -0.15) is 0 Å². The van der Waals surface area contributed by atoms with Crippen LogP contribution in [0.3, 0.4) is 0 Å². The number of nitrogens with zero attached hydrogens (tertiary/aromatic N) is 1. The zero-order valence-corrected chi connectivity index (χ0v) is 16.2. The van der Waals surface area contributed by atoms with Crippen molar-refractivity contribution in [3.63, 3.8) is 0 Å². The molecule has 3 rings (SSSR count). The zero-order valence-electron chi connectivity index (χ0n) is 16.2. The van der Waals surface area contributed by atoms with E-state index < -0.39 is 16.0 Å². The van der Waals surface area contributed by atoms with E-state index in [1.54, 1.807) is 6.07 Å². The van der Waals surface area contributed by atoms with E-state index >= 15 is 0 Å². The summed E-state index contributed by atoms with van der Waals surface area (Å²) in [6.45, 7) is 3.89. The van der Waals surface area contributed by atoms with Crippen LogP contribution in [0.1, 0.15) is 50.5 Å². The molecule has 0 amide bonds. The third-order valence-electron chi connectivity index (χ3n) is 5.25. The van der Waals surface area contributed by atoms with E-state index in [0.29, 0.717) is 12.2 Å². The number of nitro groups is 1. The predicted molar refractivity (Wildman–Crippen MR) is 110 cm³/mol. The van der Waals surface area contributed by atoms with E-state index in [1.807, 2.05) is 0 Å². The monoisotopic (exact) mass is 399 g/mol. The number of H-pyrrole nitrogens is 2. The van der Waals surface area contributed by atoms with Gasteiger partial charge in [0.1, 0.15) is 10.7 Å². The maximum atomic E-state index is 12.0. The summed E-state index contributed by atoms with van der Waals surface area (Å²) < 4.78 is 5.66. The molecule has 1 fully saturated rings. The van der Waals surface area contributed by atoms with Gasteiger partial charge in [-0.25, -0.2) is 0 Å². The minimum absolute atomic E-state index is 0.0973. The van der Waals surface area contributed by atoms with Gasteiger partial charge < -0.3 is 14.7 Å². The molecule has 0 bridgehead atoms. The molecule has 1 saturated carbocycles. The first-order chi connectivity index (χ1) is 13.9. The van der Waals surface area contributed by atoms with Crippen molar-refractivity contribution in [2.45, 2.75) is 44.9 Å². The number of ether oxygens (including phenoxy) is 1. The van der Waals surface area contributed by atoms with Crippen molar-refractivity contribution in [2.75, 3.05) is 6.61 Å². The summed E-state index contributed by atoms with van der Waals surface area (Å²) in [5, 5.41) is 11.3. The van der Waals surface area contributed by atoms with Crippen LogP contribution < -0.4 is 26.6 Å². The van der Waals surface area contributed by atoms with Crippen molar-refractivity contribution in [2.24, 2.45) is 5.92 Å². The zero-order chi connectivity index (χ0) is 20.8. The summed E-state index contributed by atoms with van der Waals surface area (Å²) in [4.78, 5) is 39.6. The third-order valence-corrected chi connectivity index (χ3v) is 5.25. The quantitative estimate of drug-likeness (QED) is 0.419. The largest absolute Gasteiger partial charge is 0.487 e. The Kier molecular flexibility index (Phi) is 6.64. The fourth-order valence-electron chi connectivity index (χ4n) is 3.76. The molecule has 29 heavy (non-hydrogen) atoms. The lowest BCUT2D eigenvalue weighted by Gasteiger charge is -2.21. The number of hydrogen-bond donors (Lipinski definition) is 2. The Hall–Kier alpha value is -3.16. The normalized spacial score (nSPS) is 14.5. The average molecular weight is 399 g/mol. The maximum Gasteiger partial charge on any atom is 0.311 e. The molecule has 154 valence electrons. The molecule has 1 aromatic carbocycles. The molecular formula is C21H25N3O5. The summed E-state index contributed by atoms with van der Waals surface area (Å²) in [7, 11) is 0. The van der Waals surface area contributed by atoms with Gasteiger partial charge in [0.2, 0.25) is 0 Å². The Morgan fingerprint density at radius 1 is 1.17 bits per heavy atom. The van der Waals surface area contributed by atoms with E-state index in [0.717, 1.165) is 18.8 Å². The van der Waals surface area contributed by atoms with E-state index in [4.69, 9.17) is 4.74 Å². The Bertz CT molecular complexity index is 1060. The highest BCUT2D eigenvalue weighted by Gasteiger charge is 2.17. The fourth-order valence-corrected chi connectivity index (χ4v) is 3.76. The highest BCUT2D eigenvalue weighted by molar-refractivity contribution is 5.58. The summed E-state index contributed by atoms with van der Waals surface area (Å²) >= 11 is 0. The summed E-state index contributed by atoms with van der Waals surface area (Å²) in [5.74, 6) is 0.923. The standard InChI is InChI=1S/C21H25N3O5/c1-14-22-20(25)17(21(26)23-14)12-16-9-10-19(18(13-16)24(27)28)29-11-5-8-15-6-3-2-4-7-15/h9-10,12-13,15H,1-8,11H2,(H,22,25)(H,23,26). The van der Waals surface area contributed by atoms with Crippen molar-refractivity contribution in [1.82, 2.24) is 9.97 Å². The third kappa shape index (κ3) is 5.43. The Morgan fingerprint density at radius 2 is 1.86 bits per heavy atom. The number of aromatic nitrogens is 2. The Balaban J connectivity index is 1.75. The lowest BCUT2D eigenvalue weighted by Crippen LogP contribution is -2.47. The van der Waals surface area contributed by atoms with Crippen molar-refractivity contribution < 1.29 is 9.66 Å². The molecule has 0 spiro atoms. The highest BCUT2D eigenvalue weighted by atomic mass is 16.6. The van der Waals surface area contributed by atoms with Gasteiger partial charge in [-0.05, 0) is 36.5 Å². The molecule has 0 saturated heterocycles. The molecule has 0 atom stereocenters. The second-order valence-corrected chi connectivity index (χ2v) is 7.42. The van der Waals surface area contributed by atoms with Crippen LogP contribution >= 0.6 is 0 Å². The van der Waals surface area contributed by atoms with Gasteiger partial charge in [-0.15, -0.1) is 0 Å². The Morgan fingerprint density at radius 3 is 2.52 bits per heavy atom. The van der Waals surface area contributed by atoms with Gasteiger partial charge in [0.25, 0.3) is 11.1 Å². The van der Waals surface area contributed by atoms with E-state index in [-0.39, 0.29) is 22.1 Å². The second-order valence-electron chi connectivity index (χ2n) is 7.42. The SMILES string of the molecule is C=c1[nH]c(=O)c(=Cc2ccc(OCCCC3CCCCC3)c([N+](=O)[O-])c2)c(=O)[nH]1. The number of nitrogens with one attached hydrogen (secondary N) is 2. The minimum atomic E-state index is -0.607. The first-order valence-corrected chi connectivity index (χ1v) is 9.88. The Labute approximate surface area is 167 Å². The molecule has 1 heterocycles. The molecule has 1 aromatic heterocycles. The van der Waals surface area contributed by atoms with E-state index in [1.165, 1.54) is 50.3 Å². The highest BCUT2D eigenvalue weighted by Crippen LogP contribution is 2.30. The topological polar surface area (TPSA) is 118 Å². The lowest BCUT2D eigenvalue weighted by atomic mass is 9.86. The van der Waals surface area contributed by atoms with Gasteiger partial charge in [-0.3, -0.25) is 19.7 Å². The molecule has 2 aromatic rings. The van der Waals surface area contributed by atoms with Crippen molar-refractivity contribution >= 4 is 18.3 Å². The van der Waals surface area contributed by atoms with Gasteiger partial charge in [0.15, 0.2) is 5.75 Å². The van der Waals surface area contributed by atoms with Gasteiger partial charge >= 0.3 is 5.69 Å². The predicted octanol–water partition coefficient (Wildman–Crippen LogP) is 1.95. The fraction of sp³-hybridized carbons (Fsp3) is 0.429. The van der Waals surface area contributed by atoms with Crippen LogP contribution in [0.5, 0.6) is 5.75 Å². The lowest BCUT2D eigenvalue weighted by molar-refractivity contribution is -0.385. The number of benzene rings is 1. The van der Waals surface area contributed by atoms with E-state index in [2.05, 4.69) is 16.5 Å². The van der Waals surface area contributed by atoms with Crippen molar-refractivity contribution in [1.29, 1.82) is 0 Å². The van der Waals surface area contributed by atoms with Gasteiger partial charge in [0, 0.05) is 6.07 Å². The first-order valence-electron chi connectivity index (χ1n) is 9.88. The van der Waals surface area contributed by atoms with Crippen LogP contribution in [0.15, 0.2) is 27.8 Å². The van der Waals surface area contributed by atoms with Gasteiger partial charge in [-0.1, -0.05) is 44.7 Å². The summed E-state index contributed by atoms with van der Waals surface area (Å²) in [5.41, 5.74) is -0.953. The van der Waals surface area contributed by atoms with E-state index in [9.17, 15) is 19.7 Å². The van der Waals surface area contributed by atoms with Crippen LogP contribution in [-0.2, 0) is 0 Å². The summed E-state index contributed by atoms with van der Waals surface area (Å²) in [6, 6.07) is 4.39. The van der Waals surface area contributed by atoms with Gasteiger partial charge in [0.05, 0.1) is 11.5 Å². The first kappa shape index (κ1) is 20.6. The molecule has 0 radical (unpaired) electrons. The second kappa shape index (κ2) is 9.36. The molecule has 8 nitrogen and oxygen atoms in total. The van der Waals surface area contributed by atoms with Crippen LogP contribution in [0.25, 0.3) is 12.7 Å². The average Bonchev–Trinajstić information content (AvgIpc) is 2.69. The number of hydrogen-bond acceptors (Lipinski definition) is 5. The van der Waals surface area contributed by atoms with Crippen LogP contribution in [0.2, 0.25) is 0 Å². The minimum Gasteiger partial charge on any atom is -0.487 e. The number of nitro benzene ring substituents is 1. The van der Waals surface area contributed by atoms with Crippen LogP contribution in [-0.4, -0.2) is 21.5 Å². The molecule has 0 unspecified atom stereocenters. The smallest absolute Gasteiger partial charge is 0.311 e. The number of rotatable bonds is 7.